The molecule has 5 heteroatoms. The molecule has 0 aromatic carbocycles. The van der Waals surface area contributed by atoms with Crippen LogP contribution in [-0.2, 0) is 9.47 Å². The first kappa shape index (κ1) is 17.7. The van der Waals surface area contributed by atoms with Crippen LogP contribution in [0.1, 0.15) is 40.5 Å². The van der Waals surface area contributed by atoms with Crippen LogP contribution >= 0.6 is 0 Å². The van der Waals surface area contributed by atoms with Gasteiger partial charge < -0.3 is 14.4 Å². The lowest BCUT2D eigenvalue weighted by atomic mass is 9.98. The molecule has 0 aromatic heterocycles. The normalized spacial score (nSPS) is 25.5. The molecule has 0 aromatic rings. The number of nitrogens with zero attached hydrogens (tertiary/aromatic N) is 1. The van der Waals surface area contributed by atoms with Gasteiger partial charge in [0.05, 0.1) is 19.8 Å². The summed E-state index contributed by atoms with van der Waals surface area (Å²) >= 11 is 0. The molecule has 0 atom stereocenters. The molecule has 2 rings (SSSR count). The van der Waals surface area contributed by atoms with Gasteiger partial charge in [0.1, 0.15) is 0 Å². The third kappa shape index (κ3) is 3.87. The first-order valence-electron chi connectivity index (χ1n) is 6.90. The van der Waals surface area contributed by atoms with Gasteiger partial charge in [0.15, 0.2) is 0 Å². The molecule has 18 heavy (non-hydrogen) atoms. The fourth-order valence-corrected chi connectivity index (χ4v) is 1.99. The van der Waals surface area contributed by atoms with Crippen molar-refractivity contribution in [1.82, 2.24) is 4.90 Å². The van der Waals surface area contributed by atoms with Crippen LogP contribution in [0.4, 0.5) is 8.78 Å². The maximum atomic E-state index is 13.7. The standard InChI is InChI=1S/C9H15F2NO2.2C2H6/c1-12-4-3-9(8(10,11)7-12)13-5-2-6-14-9;2*1-2/h2-7H2,1H3;2*1-2H3. The summed E-state index contributed by atoms with van der Waals surface area (Å²) in [7, 11) is 1.68. The quantitative estimate of drug-likeness (QED) is 0.673. The molecular weight excluding hydrogens is 240 g/mol. The van der Waals surface area contributed by atoms with E-state index < -0.39 is 11.7 Å². The Bertz CT molecular complexity index is 219. The van der Waals surface area contributed by atoms with Gasteiger partial charge in [-0.15, -0.1) is 0 Å². The number of likely N-dealkylation sites (tertiary alicyclic amines) is 1. The largest absolute Gasteiger partial charge is 0.345 e. The summed E-state index contributed by atoms with van der Waals surface area (Å²) in [6, 6.07) is 0. The van der Waals surface area contributed by atoms with Gasteiger partial charge in [-0.3, -0.25) is 0 Å². The molecule has 1 spiro atoms. The maximum absolute atomic E-state index is 13.7. The van der Waals surface area contributed by atoms with Crippen molar-refractivity contribution >= 4 is 0 Å². The highest BCUT2D eigenvalue weighted by molar-refractivity contribution is 4.95. The fourth-order valence-electron chi connectivity index (χ4n) is 1.99. The van der Waals surface area contributed by atoms with Gasteiger partial charge in [-0.25, -0.2) is 0 Å². The second-order valence-electron chi connectivity index (χ2n) is 4.00. The molecule has 0 amide bonds. The van der Waals surface area contributed by atoms with Crippen molar-refractivity contribution in [3.63, 3.8) is 0 Å². The predicted molar refractivity (Wildman–Crippen MR) is 69.0 cm³/mol. The number of ether oxygens (including phenoxy) is 2. The monoisotopic (exact) mass is 267 g/mol. The lowest BCUT2D eigenvalue weighted by molar-refractivity contribution is -0.372. The summed E-state index contributed by atoms with van der Waals surface area (Å²) in [5.74, 6) is -4.54. The Balaban J connectivity index is 0.000000659. The molecule has 2 aliphatic rings. The van der Waals surface area contributed by atoms with Crippen LogP contribution in [0.15, 0.2) is 0 Å². The lowest BCUT2D eigenvalue weighted by Gasteiger charge is -2.47. The van der Waals surface area contributed by atoms with Gasteiger partial charge in [0.2, 0.25) is 5.79 Å². The molecule has 0 aliphatic carbocycles. The van der Waals surface area contributed by atoms with E-state index in [-0.39, 0.29) is 13.0 Å². The Morgan fingerprint density at radius 3 is 1.94 bits per heavy atom. The van der Waals surface area contributed by atoms with Crippen molar-refractivity contribution in [2.45, 2.75) is 52.2 Å². The first-order chi connectivity index (χ1) is 8.56. The van der Waals surface area contributed by atoms with Gasteiger partial charge in [-0.05, 0) is 13.5 Å². The molecule has 0 N–H and O–H groups in total. The average molecular weight is 267 g/mol. The van der Waals surface area contributed by atoms with Gasteiger partial charge in [0.25, 0.3) is 0 Å². The maximum Gasteiger partial charge on any atom is 0.313 e. The highest BCUT2D eigenvalue weighted by Crippen LogP contribution is 2.41. The first-order valence-corrected chi connectivity index (χ1v) is 6.90. The third-order valence-corrected chi connectivity index (χ3v) is 2.81. The molecular formula is C13H27F2NO2. The van der Waals surface area contributed by atoms with E-state index in [1.54, 1.807) is 11.9 Å². The number of hydrogen-bond acceptors (Lipinski definition) is 3. The minimum absolute atomic E-state index is 0.247. The molecule has 2 fully saturated rings. The summed E-state index contributed by atoms with van der Waals surface area (Å²) in [4.78, 5) is 1.60. The van der Waals surface area contributed by atoms with Crippen LogP contribution in [0.3, 0.4) is 0 Å². The fraction of sp³-hybridized carbons (Fsp3) is 1.00. The van der Waals surface area contributed by atoms with Crippen molar-refractivity contribution < 1.29 is 18.3 Å². The van der Waals surface area contributed by atoms with Crippen LogP contribution in [0.5, 0.6) is 0 Å². The van der Waals surface area contributed by atoms with Gasteiger partial charge in [-0.2, -0.15) is 8.78 Å². The number of hydrogen-bond donors (Lipinski definition) is 0. The Morgan fingerprint density at radius 1 is 1.00 bits per heavy atom. The molecule has 3 nitrogen and oxygen atoms in total. The van der Waals surface area contributed by atoms with Crippen molar-refractivity contribution in [1.29, 1.82) is 0 Å². The smallest absolute Gasteiger partial charge is 0.313 e. The Hall–Kier alpha value is -0.260. The highest BCUT2D eigenvalue weighted by Gasteiger charge is 2.59. The van der Waals surface area contributed by atoms with E-state index in [0.717, 1.165) is 0 Å². The zero-order valence-corrected chi connectivity index (χ0v) is 12.3. The summed E-state index contributed by atoms with van der Waals surface area (Å²) in [6.07, 6.45) is 0.949. The van der Waals surface area contributed by atoms with E-state index in [0.29, 0.717) is 26.2 Å². The Labute approximate surface area is 109 Å². The minimum atomic E-state index is -2.90. The molecule has 0 saturated carbocycles. The summed E-state index contributed by atoms with van der Waals surface area (Å²) in [6.45, 7) is 9.06. The number of rotatable bonds is 0. The lowest BCUT2D eigenvalue weighted by Crippen LogP contribution is -2.63. The highest BCUT2D eigenvalue weighted by atomic mass is 19.3. The van der Waals surface area contributed by atoms with Crippen LogP contribution in [0.2, 0.25) is 0 Å². The van der Waals surface area contributed by atoms with Gasteiger partial charge in [0, 0.05) is 13.0 Å². The van der Waals surface area contributed by atoms with Gasteiger partial charge >= 0.3 is 5.92 Å². The van der Waals surface area contributed by atoms with E-state index in [9.17, 15) is 8.78 Å². The molecule has 2 aliphatic heterocycles. The third-order valence-electron chi connectivity index (χ3n) is 2.81. The van der Waals surface area contributed by atoms with E-state index >= 15 is 0 Å². The van der Waals surface area contributed by atoms with E-state index in [1.807, 2.05) is 27.7 Å². The number of alkyl halides is 2. The van der Waals surface area contributed by atoms with Gasteiger partial charge in [-0.1, -0.05) is 27.7 Å². The van der Waals surface area contributed by atoms with Crippen LogP contribution in [0, 0.1) is 0 Å². The van der Waals surface area contributed by atoms with Crippen molar-refractivity contribution in [2.24, 2.45) is 0 Å². The average Bonchev–Trinajstić information content (AvgIpc) is 2.40. The SMILES string of the molecule is CC.CC.CN1CCC2(OCCCO2)C(F)(F)C1. The molecule has 0 bridgehead atoms. The van der Waals surface area contributed by atoms with Crippen molar-refractivity contribution in [3.8, 4) is 0 Å². The van der Waals surface area contributed by atoms with E-state index in [1.165, 1.54) is 0 Å². The Morgan fingerprint density at radius 2 is 1.50 bits per heavy atom. The molecule has 2 heterocycles. The van der Waals surface area contributed by atoms with Crippen LogP contribution in [0.25, 0.3) is 0 Å². The van der Waals surface area contributed by atoms with Crippen molar-refractivity contribution in [3.05, 3.63) is 0 Å². The second kappa shape index (κ2) is 8.02. The molecule has 110 valence electrons. The van der Waals surface area contributed by atoms with Crippen molar-refractivity contribution in [2.75, 3.05) is 33.4 Å². The zero-order valence-electron chi connectivity index (χ0n) is 12.3. The molecule has 0 radical (unpaired) electrons. The minimum Gasteiger partial charge on any atom is -0.345 e. The number of halogens is 2. The van der Waals surface area contributed by atoms with E-state index in [4.69, 9.17) is 9.47 Å². The summed E-state index contributed by atoms with van der Waals surface area (Å²) in [5, 5.41) is 0. The topological polar surface area (TPSA) is 21.7 Å². The van der Waals surface area contributed by atoms with Crippen LogP contribution < -0.4 is 0 Å². The number of piperidine rings is 1. The predicted octanol–water partition coefficient (Wildman–Crippen LogP) is 3.14. The zero-order chi connectivity index (χ0) is 14.2. The molecule has 0 unspecified atom stereocenters. The summed E-state index contributed by atoms with van der Waals surface area (Å²) < 4.78 is 37.8. The van der Waals surface area contributed by atoms with E-state index in [2.05, 4.69) is 0 Å². The molecule has 2 saturated heterocycles. The van der Waals surface area contributed by atoms with Crippen LogP contribution in [-0.4, -0.2) is 50.0 Å². The second-order valence-corrected chi connectivity index (χ2v) is 4.00. The Kier molecular flexibility index (Phi) is 7.90. The summed E-state index contributed by atoms with van der Waals surface area (Å²) in [5.41, 5.74) is 0.